The number of carboxylic acid groups (broad SMARTS) is 1. The number of hydrogen-bond acceptors (Lipinski definition) is 3. The summed E-state index contributed by atoms with van der Waals surface area (Å²) in [6.07, 6.45) is 2.63. The molecular formula is C13H10ClFN2O2. The van der Waals surface area contributed by atoms with E-state index in [9.17, 15) is 14.3 Å². The van der Waals surface area contributed by atoms with Gasteiger partial charge >= 0.3 is 5.97 Å². The van der Waals surface area contributed by atoms with Crippen LogP contribution in [-0.2, 0) is 11.2 Å². The van der Waals surface area contributed by atoms with E-state index in [4.69, 9.17) is 11.6 Å². The first kappa shape index (κ1) is 13.4. The number of carbonyl (C=O) groups is 1. The van der Waals surface area contributed by atoms with Crippen LogP contribution in [0, 0.1) is 5.82 Å². The van der Waals surface area contributed by atoms with Crippen molar-refractivity contribution in [3.8, 4) is 0 Å². The maximum atomic E-state index is 13.5. The second-order valence-corrected chi connectivity index (χ2v) is 4.38. The van der Waals surface area contributed by atoms with E-state index in [0.29, 0.717) is 10.6 Å². The van der Waals surface area contributed by atoms with Gasteiger partial charge in [0.1, 0.15) is 17.6 Å². The van der Waals surface area contributed by atoms with Crippen LogP contribution in [0.5, 0.6) is 0 Å². The van der Waals surface area contributed by atoms with Crippen molar-refractivity contribution in [1.29, 1.82) is 0 Å². The monoisotopic (exact) mass is 280 g/mol. The van der Waals surface area contributed by atoms with Crippen LogP contribution in [0.25, 0.3) is 0 Å². The Morgan fingerprint density at radius 2 is 1.95 bits per heavy atom. The van der Waals surface area contributed by atoms with Gasteiger partial charge in [-0.05, 0) is 18.1 Å². The van der Waals surface area contributed by atoms with Crippen LogP contribution < -0.4 is 0 Å². The predicted octanol–water partition coefficient (Wildman–Crippen LogP) is 2.68. The van der Waals surface area contributed by atoms with E-state index < -0.39 is 17.7 Å². The summed E-state index contributed by atoms with van der Waals surface area (Å²) >= 11 is 5.65. The van der Waals surface area contributed by atoms with Crippen molar-refractivity contribution in [3.05, 3.63) is 58.9 Å². The molecule has 0 radical (unpaired) electrons. The minimum absolute atomic E-state index is 0.0103. The van der Waals surface area contributed by atoms with E-state index >= 15 is 0 Å². The first-order valence-corrected chi connectivity index (χ1v) is 5.89. The molecule has 1 aromatic heterocycles. The molecule has 0 bridgehead atoms. The summed E-state index contributed by atoms with van der Waals surface area (Å²) in [5.41, 5.74) is 0.313. The molecule has 6 heteroatoms. The number of nitrogens with zero attached hydrogens (tertiary/aromatic N) is 2. The molecule has 0 aliphatic rings. The van der Waals surface area contributed by atoms with Crippen molar-refractivity contribution in [1.82, 2.24) is 9.97 Å². The summed E-state index contributed by atoms with van der Waals surface area (Å²) in [4.78, 5) is 19.0. The van der Waals surface area contributed by atoms with Gasteiger partial charge in [0.15, 0.2) is 0 Å². The maximum Gasteiger partial charge on any atom is 0.314 e. The molecular weight excluding hydrogens is 271 g/mol. The van der Waals surface area contributed by atoms with E-state index in [1.807, 2.05) is 0 Å². The number of rotatable bonds is 4. The van der Waals surface area contributed by atoms with Crippen molar-refractivity contribution in [2.45, 2.75) is 12.3 Å². The van der Waals surface area contributed by atoms with Gasteiger partial charge in [-0.25, -0.2) is 14.4 Å². The molecule has 2 rings (SSSR count). The molecule has 1 atom stereocenters. The van der Waals surface area contributed by atoms with Gasteiger partial charge in [-0.2, -0.15) is 0 Å². The highest BCUT2D eigenvalue weighted by atomic mass is 35.5. The second kappa shape index (κ2) is 5.75. The zero-order valence-corrected chi connectivity index (χ0v) is 10.5. The Bertz CT molecular complexity index is 589. The van der Waals surface area contributed by atoms with Gasteiger partial charge in [0, 0.05) is 12.4 Å². The van der Waals surface area contributed by atoms with Gasteiger partial charge in [-0.1, -0.05) is 29.8 Å². The van der Waals surface area contributed by atoms with Gasteiger partial charge in [0.2, 0.25) is 0 Å². The Labute approximate surface area is 113 Å². The van der Waals surface area contributed by atoms with E-state index in [-0.39, 0.29) is 12.2 Å². The lowest BCUT2D eigenvalue weighted by Crippen LogP contribution is -2.17. The number of carboxylic acids is 1. The summed E-state index contributed by atoms with van der Waals surface area (Å²) < 4.78 is 13.5. The molecule has 4 nitrogen and oxygen atoms in total. The van der Waals surface area contributed by atoms with Crippen LogP contribution in [0.4, 0.5) is 4.39 Å². The highest BCUT2D eigenvalue weighted by molar-refractivity contribution is 6.30. The lowest BCUT2D eigenvalue weighted by molar-refractivity contribution is -0.139. The molecule has 1 heterocycles. The molecule has 1 N–H and O–H groups in total. The normalized spacial score (nSPS) is 12.1. The fourth-order valence-corrected chi connectivity index (χ4v) is 1.77. The Balaban J connectivity index is 2.29. The molecule has 0 aliphatic heterocycles. The third-order valence-corrected chi connectivity index (χ3v) is 2.83. The van der Waals surface area contributed by atoms with Crippen LogP contribution in [0.1, 0.15) is 17.3 Å². The lowest BCUT2D eigenvalue weighted by Gasteiger charge is -2.11. The van der Waals surface area contributed by atoms with Gasteiger partial charge in [0.25, 0.3) is 0 Å². The molecule has 0 spiro atoms. The highest BCUT2D eigenvalue weighted by Crippen LogP contribution is 2.20. The van der Waals surface area contributed by atoms with Gasteiger partial charge in [-0.15, -0.1) is 0 Å². The molecule has 98 valence electrons. The lowest BCUT2D eigenvalue weighted by atomic mass is 9.98. The summed E-state index contributed by atoms with van der Waals surface area (Å²) in [6, 6.07) is 6.03. The molecule has 0 amide bonds. The van der Waals surface area contributed by atoms with Gasteiger partial charge < -0.3 is 5.11 Å². The minimum Gasteiger partial charge on any atom is -0.481 e. The fraction of sp³-hybridized carbons (Fsp3) is 0.154. The average Bonchev–Trinajstić information content (AvgIpc) is 2.39. The van der Waals surface area contributed by atoms with Crippen molar-refractivity contribution in [2.24, 2.45) is 0 Å². The molecule has 0 fully saturated rings. The van der Waals surface area contributed by atoms with Crippen molar-refractivity contribution < 1.29 is 14.3 Å². The Kier molecular flexibility index (Phi) is 4.06. The van der Waals surface area contributed by atoms with E-state index in [1.54, 1.807) is 18.2 Å². The maximum absolute atomic E-state index is 13.5. The predicted molar refractivity (Wildman–Crippen MR) is 67.5 cm³/mol. The van der Waals surface area contributed by atoms with Crippen LogP contribution in [0.3, 0.4) is 0 Å². The number of aromatic nitrogens is 2. The largest absolute Gasteiger partial charge is 0.481 e. The summed E-state index contributed by atoms with van der Waals surface area (Å²) in [5, 5.41) is 9.53. The third kappa shape index (κ3) is 3.26. The SMILES string of the molecule is O=C(O)C(Cc1ccccc1F)c1ncc(Cl)cn1. The van der Waals surface area contributed by atoms with Crippen LogP contribution >= 0.6 is 11.6 Å². The number of aliphatic carboxylic acids is 1. The van der Waals surface area contributed by atoms with Crippen molar-refractivity contribution in [3.63, 3.8) is 0 Å². The molecule has 0 saturated carbocycles. The third-order valence-electron chi connectivity index (χ3n) is 2.63. The zero-order valence-electron chi connectivity index (χ0n) is 9.75. The number of benzene rings is 1. The molecule has 0 saturated heterocycles. The second-order valence-electron chi connectivity index (χ2n) is 3.95. The molecule has 2 aromatic rings. The van der Waals surface area contributed by atoms with Gasteiger partial charge in [0.05, 0.1) is 5.02 Å². The Hall–Kier alpha value is -2.01. The average molecular weight is 281 g/mol. The van der Waals surface area contributed by atoms with Crippen LogP contribution in [0.15, 0.2) is 36.7 Å². The molecule has 0 aliphatic carbocycles. The molecule has 19 heavy (non-hydrogen) atoms. The minimum atomic E-state index is -1.11. The summed E-state index contributed by atoms with van der Waals surface area (Å²) in [5.74, 6) is -2.44. The Morgan fingerprint density at radius 3 is 2.53 bits per heavy atom. The topological polar surface area (TPSA) is 63.1 Å². The number of halogens is 2. The Morgan fingerprint density at radius 1 is 1.32 bits per heavy atom. The summed E-state index contributed by atoms with van der Waals surface area (Å²) in [7, 11) is 0. The first-order chi connectivity index (χ1) is 9.08. The smallest absolute Gasteiger partial charge is 0.314 e. The van der Waals surface area contributed by atoms with Crippen LogP contribution in [0.2, 0.25) is 5.02 Å². The van der Waals surface area contributed by atoms with E-state index in [1.165, 1.54) is 18.5 Å². The molecule has 1 unspecified atom stereocenters. The highest BCUT2D eigenvalue weighted by Gasteiger charge is 2.24. The van der Waals surface area contributed by atoms with Crippen molar-refractivity contribution in [2.75, 3.05) is 0 Å². The molecule has 1 aromatic carbocycles. The quantitative estimate of drug-likeness (QED) is 0.935. The fourth-order valence-electron chi connectivity index (χ4n) is 1.68. The standard InChI is InChI=1S/C13H10ClFN2O2/c14-9-6-16-12(17-7-9)10(13(18)19)5-8-3-1-2-4-11(8)15/h1-4,6-7,10H,5H2,(H,18,19). The van der Waals surface area contributed by atoms with E-state index in [0.717, 1.165) is 0 Å². The summed E-state index contributed by atoms with van der Waals surface area (Å²) in [6.45, 7) is 0. The van der Waals surface area contributed by atoms with Gasteiger partial charge in [-0.3, -0.25) is 4.79 Å². The van der Waals surface area contributed by atoms with Crippen molar-refractivity contribution >= 4 is 17.6 Å². The number of hydrogen-bond donors (Lipinski definition) is 1. The zero-order chi connectivity index (χ0) is 13.8. The van der Waals surface area contributed by atoms with E-state index in [2.05, 4.69) is 9.97 Å². The van der Waals surface area contributed by atoms with Crippen LogP contribution in [-0.4, -0.2) is 21.0 Å². The first-order valence-electron chi connectivity index (χ1n) is 5.51.